The Morgan fingerprint density at radius 1 is 1.44 bits per heavy atom. The maximum Gasteiger partial charge on any atom is 0.315 e. The molecule has 2 fully saturated rings. The molecular weight excluding hydrogens is 206 g/mol. The summed E-state index contributed by atoms with van der Waals surface area (Å²) in [6.07, 6.45) is 3.26. The minimum absolute atomic E-state index is 0.0756. The number of nitrogens with zero attached hydrogens (tertiary/aromatic N) is 1. The standard InChI is InChI=1S/C11H19N3O2/c1-2-3-9(15)14-6-4-11(5-7-14)8-12-10(16)13-11/h2-8H2,1H3,(H2,12,13,16). The number of amides is 3. The molecule has 2 N–H and O–H groups in total. The Morgan fingerprint density at radius 3 is 2.62 bits per heavy atom. The van der Waals surface area contributed by atoms with Crippen molar-refractivity contribution in [3.05, 3.63) is 0 Å². The molecule has 2 heterocycles. The minimum Gasteiger partial charge on any atom is -0.343 e. The molecule has 2 aliphatic heterocycles. The number of carbonyl (C=O) groups excluding carboxylic acids is 2. The molecule has 2 aliphatic rings. The van der Waals surface area contributed by atoms with Gasteiger partial charge in [-0.2, -0.15) is 0 Å². The van der Waals surface area contributed by atoms with Gasteiger partial charge in [0.2, 0.25) is 5.91 Å². The summed E-state index contributed by atoms with van der Waals surface area (Å²) < 4.78 is 0. The van der Waals surface area contributed by atoms with E-state index < -0.39 is 0 Å². The van der Waals surface area contributed by atoms with Gasteiger partial charge in [0.15, 0.2) is 0 Å². The second-order valence-electron chi connectivity index (χ2n) is 4.72. The predicted molar refractivity (Wildman–Crippen MR) is 60.0 cm³/mol. The first kappa shape index (κ1) is 11.2. The predicted octanol–water partition coefficient (Wildman–Crippen LogP) is 0.461. The Balaban J connectivity index is 1.87. The Labute approximate surface area is 95.6 Å². The van der Waals surface area contributed by atoms with Gasteiger partial charge in [0.1, 0.15) is 0 Å². The number of rotatable bonds is 2. The van der Waals surface area contributed by atoms with E-state index in [9.17, 15) is 9.59 Å². The van der Waals surface area contributed by atoms with E-state index >= 15 is 0 Å². The highest BCUT2D eigenvalue weighted by atomic mass is 16.2. The first-order chi connectivity index (χ1) is 7.65. The average molecular weight is 225 g/mol. The van der Waals surface area contributed by atoms with Crippen molar-refractivity contribution >= 4 is 11.9 Å². The van der Waals surface area contributed by atoms with E-state index in [1.54, 1.807) is 0 Å². The molecular formula is C11H19N3O2. The lowest BCUT2D eigenvalue weighted by molar-refractivity contribution is -0.132. The van der Waals surface area contributed by atoms with Gasteiger partial charge in [-0.15, -0.1) is 0 Å². The lowest BCUT2D eigenvalue weighted by atomic mass is 9.88. The van der Waals surface area contributed by atoms with Crippen LogP contribution in [0.4, 0.5) is 4.79 Å². The van der Waals surface area contributed by atoms with Crippen LogP contribution < -0.4 is 10.6 Å². The van der Waals surface area contributed by atoms with Crippen molar-refractivity contribution in [1.82, 2.24) is 15.5 Å². The fourth-order valence-corrected chi connectivity index (χ4v) is 2.44. The number of piperidine rings is 1. The number of nitrogens with one attached hydrogen (secondary N) is 2. The Bertz CT molecular complexity index is 296. The molecule has 0 bridgehead atoms. The van der Waals surface area contributed by atoms with Crippen LogP contribution in [-0.2, 0) is 4.79 Å². The van der Waals surface area contributed by atoms with Crippen LogP contribution in [0.15, 0.2) is 0 Å². The summed E-state index contributed by atoms with van der Waals surface area (Å²) >= 11 is 0. The van der Waals surface area contributed by atoms with Crippen molar-refractivity contribution < 1.29 is 9.59 Å². The highest BCUT2D eigenvalue weighted by Gasteiger charge is 2.40. The van der Waals surface area contributed by atoms with E-state index in [-0.39, 0.29) is 17.5 Å². The van der Waals surface area contributed by atoms with Crippen LogP contribution in [0, 0.1) is 0 Å². The van der Waals surface area contributed by atoms with Gasteiger partial charge in [0.05, 0.1) is 5.54 Å². The van der Waals surface area contributed by atoms with Crippen LogP contribution in [0.5, 0.6) is 0 Å². The van der Waals surface area contributed by atoms with Gasteiger partial charge in [-0.05, 0) is 19.3 Å². The van der Waals surface area contributed by atoms with E-state index in [0.29, 0.717) is 13.0 Å². The van der Waals surface area contributed by atoms with Crippen LogP contribution in [0.1, 0.15) is 32.6 Å². The van der Waals surface area contributed by atoms with Gasteiger partial charge in [-0.1, -0.05) is 6.92 Å². The van der Waals surface area contributed by atoms with E-state index in [2.05, 4.69) is 10.6 Å². The molecule has 5 nitrogen and oxygen atoms in total. The van der Waals surface area contributed by atoms with Crippen molar-refractivity contribution in [1.29, 1.82) is 0 Å². The molecule has 0 aromatic rings. The molecule has 0 unspecified atom stereocenters. The molecule has 2 saturated heterocycles. The molecule has 90 valence electrons. The van der Waals surface area contributed by atoms with E-state index in [1.807, 2.05) is 11.8 Å². The third-order valence-corrected chi connectivity index (χ3v) is 3.50. The Morgan fingerprint density at radius 2 is 2.12 bits per heavy atom. The number of likely N-dealkylation sites (tertiary alicyclic amines) is 1. The SMILES string of the molecule is CCCC(=O)N1CCC2(CC1)CNC(=O)N2. The molecule has 3 amide bonds. The van der Waals surface area contributed by atoms with Crippen LogP contribution >= 0.6 is 0 Å². The maximum atomic E-state index is 11.7. The third-order valence-electron chi connectivity index (χ3n) is 3.50. The normalized spacial score (nSPS) is 23.1. The van der Waals surface area contributed by atoms with Crippen LogP contribution in [0.2, 0.25) is 0 Å². The van der Waals surface area contributed by atoms with E-state index in [4.69, 9.17) is 0 Å². The molecule has 1 spiro atoms. The summed E-state index contributed by atoms with van der Waals surface area (Å²) in [4.78, 5) is 24.7. The zero-order chi connectivity index (χ0) is 11.6. The molecule has 2 rings (SSSR count). The molecule has 0 radical (unpaired) electrons. The number of urea groups is 1. The van der Waals surface area contributed by atoms with Gasteiger partial charge in [-0.25, -0.2) is 4.79 Å². The summed E-state index contributed by atoms with van der Waals surface area (Å²) in [6, 6.07) is -0.0756. The van der Waals surface area contributed by atoms with Gasteiger partial charge in [-0.3, -0.25) is 4.79 Å². The van der Waals surface area contributed by atoms with Crippen molar-refractivity contribution in [3.63, 3.8) is 0 Å². The highest BCUT2D eigenvalue weighted by molar-refractivity contribution is 5.78. The molecule has 0 saturated carbocycles. The van der Waals surface area contributed by atoms with Gasteiger partial charge in [0, 0.05) is 26.1 Å². The molecule has 0 aromatic carbocycles. The zero-order valence-corrected chi connectivity index (χ0v) is 9.71. The molecule has 0 aromatic heterocycles. The van der Waals surface area contributed by atoms with Crippen LogP contribution in [-0.4, -0.2) is 42.0 Å². The quantitative estimate of drug-likeness (QED) is 0.717. The smallest absolute Gasteiger partial charge is 0.315 e. The van der Waals surface area contributed by atoms with Gasteiger partial charge in [0.25, 0.3) is 0 Å². The number of hydrogen-bond donors (Lipinski definition) is 2. The Hall–Kier alpha value is -1.26. The van der Waals surface area contributed by atoms with E-state index in [0.717, 1.165) is 32.4 Å². The summed E-state index contributed by atoms with van der Waals surface area (Å²) in [6.45, 7) is 4.24. The minimum atomic E-state index is -0.0971. The van der Waals surface area contributed by atoms with Crippen LogP contribution in [0.3, 0.4) is 0 Å². The topological polar surface area (TPSA) is 61.4 Å². The highest BCUT2D eigenvalue weighted by Crippen LogP contribution is 2.24. The lowest BCUT2D eigenvalue weighted by Crippen LogP contribution is -2.53. The summed E-state index contributed by atoms with van der Waals surface area (Å²) in [5.41, 5.74) is -0.0971. The van der Waals surface area contributed by atoms with Crippen molar-refractivity contribution in [3.8, 4) is 0 Å². The van der Waals surface area contributed by atoms with Crippen molar-refractivity contribution in [2.24, 2.45) is 0 Å². The first-order valence-electron chi connectivity index (χ1n) is 5.99. The number of carbonyl (C=O) groups is 2. The zero-order valence-electron chi connectivity index (χ0n) is 9.71. The monoisotopic (exact) mass is 225 g/mol. The van der Waals surface area contributed by atoms with Crippen LogP contribution in [0.25, 0.3) is 0 Å². The van der Waals surface area contributed by atoms with Crippen molar-refractivity contribution in [2.45, 2.75) is 38.1 Å². The maximum absolute atomic E-state index is 11.7. The summed E-state index contributed by atoms with van der Waals surface area (Å²) in [5.74, 6) is 0.245. The molecule has 16 heavy (non-hydrogen) atoms. The second kappa shape index (κ2) is 4.31. The van der Waals surface area contributed by atoms with E-state index in [1.165, 1.54) is 0 Å². The lowest BCUT2D eigenvalue weighted by Gasteiger charge is -2.38. The average Bonchev–Trinajstić information content (AvgIpc) is 2.61. The fraction of sp³-hybridized carbons (Fsp3) is 0.818. The Kier molecular flexibility index (Phi) is 3.03. The summed E-state index contributed by atoms with van der Waals surface area (Å²) in [5, 5.41) is 5.77. The molecule has 0 aliphatic carbocycles. The largest absolute Gasteiger partial charge is 0.343 e. The molecule has 5 heteroatoms. The number of hydrogen-bond acceptors (Lipinski definition) is 2. The van der Waals surface area contributed by atoms with Gasteiger partial charge < -0.3 is 15.5 Å². The third kappa shape index (κ3) is 2.13. The molecule has 0 atom stereocenters. The van der Waals surface area contributed by atoms with Crippen molar-refractivity contribution in [2.75, 3.05) is 19.6 Å². The first-order valence-corrected chi connectivity index (χ1v) is 5.99. The summed E-state index contributed by atoms with van der Waals surface area (Å²) in [7, 11) is 0. The van der Waals surface area contributed by atoms with Gasteiger partial charge >= 0.3 is 6.03 Å². The second-order valence-corrected chi connectivity index (χ2v) is 4.72. The fourth-order valence-electron chi connectivity index (χ4n) is 2.44.